The zero-order valence-electron chi connectivity index (χ0n) is 20.6. The molecule has 1 heterocycles. The van der Waals surface area contributed by atoms with Crippen molar-refractivity contribution >= 4 is 16.6 Å². The molecule has 2 bridgehead atoms. The quantitative estimate of drug-likeness (QED) is 0.184. The number of rotatable bonds is 3. The van der Waals surface area contributed by atoms with Crippen molar-refractivity contribution in [1.29, 1.82) is 0 Å². The van der Waals surface area contributed by atoms with E-state index >= 15 is 0 Å². The SMILES string of the molecule is CC(=O)/C=C(/C)O.Cc1[c-]c(-c2nccc3ccc(C45CCC(CC4)CC5)cc23)cc(C)c1.[Ir]. The van der Waals surface area contributed by atoms with Gasteiger partial charge in [0.15, 0.2) is 5.78 Å². The van der Waals surface area contributed by atoms with Gasteiger partial charge < -0.3 is 10.1 Å². The number of aryl methyl sites for hydroxylation is 2. The van der Waals surface area contributed by atoms with Crippen LogP contribution in [0.25, 0.3) is 22.0 Å². The van der Waals surface area contributed by atoms with Crippen LogP contribution in [-0.2, 0) is 30.3 Å². The Morgan fingerprint density at radius 2 is 1.74 bits per heavy atom. The number of nitrogens with zero attached hydrogens (tertiary/aromatic N) is 1. The second kappa shape index (κ2) is 11.0. The molecule has 0 unspecified atom stereocenters. The summed E-state index contributed by atoms with van der Waals surface area (Å²) in [7, 11) is 0. The Kier molecular flexibility index (Phi) is 8.49. The number of carbonyl (C=O) groups excluding carboxylic acids is 1. The second-order valence-electron chi connectivity index (χ2n) is 10.0. The normalized spacial score (nSPS) is 21.4. The van der Waals surface area contributed by atoms with Gasteiger partial charge in [-0.2, -0.15) is 0 Å². The van der Waals surface area contributed by atoms with Crippen molar-refractivity contribution in [1.82, 2.24) is 4.98 Å². The van der Waals surface area contributed by atoms with E-state index in [2.05, 4.69) is 56.3 Å². The fraction of sp³-hybridized carbons (Fsp3) is 0.400. The molecule has 1 aromatic heterocycles. The van der Waals surface area contributed by atoms with Crippen molar-refractivity contribution in [3.05, 3.63) is 77.2 Å². The zero-order chi connectivity index (χ0) is 23.6. The first-order chi connectivity index (χ1) is 15.8. The van der Waals surface area contributed by atoms with Gasteiger partial charge in [0.2, 0.25) is 0 Å². The van der Waals surface area contributed by atoms with E-state index < -0.39 is 0 Å². The van der Waals surface area contributed by atoms with Crippen LogP contribution in [0.5, 0.6) is 0 Å². The largest absolute Gasteiger partial charge is 0.512 e. The number of aromatic nitrogens is 1. The number of hydrogen-bond acceptors (Lipinski definition) is 3. The van der Waals surface area contributed by atoms with Gasteiger partial charge in [-0.3, -0.25) is 4.79 Å². The second-order valence-corrected chi connectivity index (χ2v) is 10.0. The minimum Gasteiger partial charge on any atom is -0.512 e. The summed E-state index contributed by atoms with van der Waals surface area (Å²) in [5.74, 6) is 0.937. The molecular weight excluding hydrogens is 599 g/mol. The molecule has 3 aliphatic carbocycles. The molecule has 1 radical (unpaired) electrons. The summed E-state index contributed by atoms with van der Waals surface area (Å²) < 4.78 is 0. The number of pyridine rings is 1. The molecule has 6 rings (SSSR count). The number of carbonyl (C=O) groups is 1. The Labute approximate surface area is 217 Å². The Balaban J connectivity index is 0.000000357. The first kappa shape index (κ1) is 26.3. The van der Waals surface area contributed by atoms with Crippen molar-refractivity contribution in [3.63, 3.8) is 0 Å². The third kappa shape index (κ3) is 5.85. The molecule has 34 heavy (non-hydrogen) atoms. The summed E-state index contributed by atoms with van der Waals surface area (Å²) in [6.07, 6.45) is 11.5. The van der Waals surface area contributed by atoms with E-state index in [-0.39, 0.29) is 31.6 Å². The molecule has 3 nitrogen and oxygen atoms in total. The van der Waals surface area contributed by atoms with Crippen molar-refractivity contribution in [2.24, 2.45) is 5.92 Å². The number of benzene rings is 2. The van der Waals surface area contributed by atoms with Crippen molar-refractivity contribution in [2.45, 2.75) is 71.6 Å². The van der Waals surface area contributed by atoms with Crippen LogP contribution in [-0.4, -0.2) is 15.9 Å². The standard InChI is InChI=1S/C25H26N.C5H8O2.Ir/c1-17-13-18(2)15-21(14-17)24-23-16-22(4-3-20(23)8-12-26-24)25-9-5-19(6-10-25)7-11-25;1-4(6)3-5(2)7;/h3-4,8,12-14,16,19H,5-7,9-11H2,1-2H3;3,6H,1-2H3;/q-1;;/b;4-3-;. The fourth-order valence-electron chi connectivity index (χ4n) is 5.71. The molecule has 0 amide bonds. The average molecular weight is 633 g/mol. The molecule has 3 saturated carbocycles. The fourth-order valence-corrected chi connectivity index (χ4v) is 5.71. The monoisotopic (exact) mass is 633 g/mol. The van der Waals surface area contributed by atoms with Gasteiger partial charge in [0.1, 0.15) is 0 Å². The predicted octanol–water partition coefficient (Wildman–Crippen LogP) is 7.58. The number of allylic oxidation sites excluding steroid dienone is 2. The molecule has 2 aromatic carbocycles. The first-order valence-corrected chi connectivity index (χ1v) is 12.0. The molecule has 3 fully saturated rings. The van der Waals surface area contributed by atoms with Gasteiger partial charge in [-0.05, 0) is 91.8 Å². The van der Waals surface area contributed by atoms with Gasteiger partial charge in [-0.1, -0.05) is 32.0 Å². The topological polar surface area (TPSA) is 50.2 Å². The molecule has 1 N–H and O–H groups in total. The van der Waals surface area contributed by atoms with Gasteiger partial charge in [0.25, 0.3) is 0 Å². The molecule has 3 aromatic rings. The number of fused-ring (bicyclic) bond motifs is 4. The van der Waals surface area contributed by atoms with Crippen LogP contribution in [0.15, 0.2) is 54.4 Å². The van der Waals surface area contributed by atoms with Gasteiger partial charge in [-0.15, -0.1) is 34.9 Å². The Bertz CT molecular complexity index is 1170. The maximum Gasteiger partial charge on any atom is 0.155 e. The summed E-state index contributed by atoms with van der Waals surface area (Å²) in [4.78, 5) is 14.8. The van der Waals surface area contributed by atoms with Gasteiger partial charge >= 0.3 is 0 Å². The molecule has 3 aliphatic rings. The van der Waals surface area contributed by atoms with E-state index in [1.165, 1.54) is 80.3 Å². The average Bonchev–Trinajstić information content (AvgIpc) is 2.78. The molecule has 0 aliphatic heterocycles. The third-order valence-electron chi connectivity index (χ3n) is 7.29. The molecule has 0 saturated heterocycles. The number of hydrogen-bond donors (Lipinski definition) is 1. The summed E-state index contributed by atoms with van der Waals surface area (Å²) in [5.41, 5.74) is 6.62. The van der Waals surface area contributed by atoms with Gasteiger partial charge in [0, 0.05) is 32.4 Å². The van der Waals surface area contributed by atoms with Crippen LogP contribution in [0.2, 0.25) is 0 Å². The van der Waals surface area contributed by atoms with Crippen molar-refractivity contribution < 1.29 is 30.0 Å². The minimum absolute atomic E-state index is 0. The van der Waals surface area contributed by atoms with E-state index in [0.717, 1.165) is 17.2 Å². The Morgan fingerprint density at radius 1 is 1.06 bits per heavy atom. The van der Waals surface area contributed by atoms with E-state index in [1.54, 1.807) is 5.56 Å². The van der Waals surface area contributed by atoms with Crippen LogP contribution >= 0.6 is 0 Å². The van der Waals surface area contributed by atoms with Crippen molar-refractivity contribution in [3.8, 4) is 11.3 Å². The summed E-state index contributed by atoms with van der Waals surface area (Å²) in [6, 6.07) is 17.2. The first-order valence-electron chi connectivity index (χ1n) is 12.0. The Hall–Kier alpha value is -2.29. The molecule has 0 spiro atoms. The van der Waals surface area contributed by atoms with Gasteiger partial charge in [-0.25, -0.2) is 0 Å². The summed E-state index contributed by atoms with van der Waals surface area (Å²) in [5, 5.41) is 10.9. The van der Waals surface area contributed by atoms with E-state index in [0.29, 0.717) is 5.41 Å². The Morgan fingerprint density at radius 3 is 2.29 bits per heavy atom. The third-order valence-corrected chi connectivity index (χ3v) is 7.29. The van der Waals surface area contributed by atoms with E-state index in [9.17, 15) is 4.79 Å². The van der Waals surface area contributed by atoms with E-state index in [4.69, 9.17) is 10.1 Å². The van der Waals surface area contributed by atoms with Gasteiger partial charge in [0.05, 0.1) is 5.76 Å². The predicted molar refractivity (Wildman–Crippen MR) is 135 cm³/mol. The minimum atomic E-state index is -0.125. The molecule has 181 valence electrons. The molecular formula is C30H34IrNO2-. The summed E-state index contributed by atoms with van der Waals surface area (Å²) in [6.45, 7) is 7.12. The maximum absolute atomic E-state index is 10.0. The molecule has 0 atom stereocenters. The molecule has 4 heteroatoms. The van der Waals surface area contributed by atoms with Crippen molar-refractivity contribution in [2.75, 3.05) is 0 Å². The maximum atomic E-state index is 10.0. The van der Waals surface area contributed by atoms with Crippen LogP contribution in [0, 0.1) is 25.8 Å². The van der Waals surface area contributed by atoms with Crippen LogP contribution in [0.3, 0.4) is 0 Å². The number of aliphatic hydroxyl groups excluding tert-OH is 1. The smallest absolute Gasteiger partial charge is 0.155 e. The number of ketones is 1. The van der Waals surface area contributed by atoms with Crippen LogP contribution < -0.4 is 0 Å². The number of aliphatic hydroxyl groups is 1. The van der Waals surface area contributed by atoms with Crippen LogP contribution in [0.1, 0.15) is 69.1 Å². The van der Waals surface area contributed by atoms with Crippen LogP contribution in [0.4, 0.5) is 0 Å². The van der Waals surface area contributed by atoms with E-state index in [1.807, 2.05) is 6.20 Å². The zero-order valence-corrected chi connectivity index (χ0v) is 23.0. The summed E-state index contributed by atoms with van der Waals surface area (Å²) >= 11 is 0.